The van der Waals surface area contributed by atoms with E-state index in [1.165, 1.54) is 6.07 Å². The number of benzene rings is 1. The van der Waals surface area contributed by atoms with Crippen molar-refractivity contribution in [1.29, 1.82) is 0 Å². The first kappa shape index (κ1) is 11.1. The average Bonchev–Trinajstić information content (AvgIpc) is 2.27. The van der Waals surface area contributed by atoms with Crippen LogP contribution in [0.5, 0.6) is 5.75 Å². The van der Waals surface area contributed by atoms with E-state index < -0.39 is 11.7 Å². The number of phenolic OH excluding ortho intramolecular Hbond substituents is 1. The lowest BCUT2D eigenvalue weighted by atomic mass is 10.1. The molecule has 88 valence electrons. The number of aromatic nitrogens is 2. The van der Waals surface area contributed by atoms with Crippen molar-refractivity contribution in [2.45, 2.75) is 12.8 Å². The Morgan fingerprint density at radius 3 is 2.88 bits per heavy atom. The number of rotatable bonds is 3. The van der Waals surface area contributed by atoms with Crippen LogP contribution in [0.4, 0.5) is 0 Å². The fraction of sp³-hybridized carbons (Fsp3) is 0.182. The largest absolute Gasteiger partial charge is 0.506 e. The number of aliphatic carboxylic acids is 1. The highest BCUT2D eigenvalue weighted by atomic mass is 16.4. The summed E-state index contributed by atoms with van der Waals surface area (Å²) in [6, 6.07) is 4.72. The molecule has 1 aromatic carbocycles. The molecule has 0 spiro atoms. The molecule has 6 heteroatoms. The van der Waals surface area contributed by atoms with Gasteiger partial charge in [0.15, 0.2) is 0 Å². The van der Waals surface area contributed by atoms with Gasteiger partial charge in [-0.3, -0.25) is 4.79 Å². The maximum absolute atomic E-state index is 11.3. The van der Waals surface area contributed by atoms with Crippen LogP contribution < -0.4 is 5.69 Å². The molecule has 0 bridgehead atoms. The van der Waals surface area contributed by atoms with Gasteiger partial charge in [-0.2, -0.15) is 4.98 Å². The van der Waals surface area contributed by atoms with Gasteiger partial charge in [-0.1, -0.05) is 12.1 Å². The van der Waals surface area contributed by atoms with Gasteiger partial charge in [0.2, 0.25) is 0 Å². The Morgan fingerprint density at radius 1 is 1.41 bits per heavy atom. The molecule has 0 aliphatic rings. The molecule has 2 rings (SSSR count). The van der Waals surface area contributed by atoms with Crippen LogP contribution in [-0.4, -0.2) is 26.2 Å². The lowest BCUT2D eigenvalue weighted by Gasteiger charge is -2.05. The van der Waals surface area contributed by atoms with Gasteiger partial charge in [0.05, 0.1) is 6.42 Å². The van der Waals surface area contributed by atoms with E-state index in [0.29, 0.717) is 11.1 Å². The van der Waals surface area contributed by atoms with Crippen molar-refractivity contribution < 1.29 is 15.0 Å². The smallest absolute Gasteiger partial charge is 0.345 e. The minimum absolute atomic E-state index is 0.0924. The quantitative estimate of drug-likeness (QED) is 0.723. The van der Waals surface area contributed by atoms with Crippen molar-refractivity contribution in [2.24, 2.45) is 0 Å². The summed E-state index contributed by atoms with van der Waals surface area (Å²) in [6.07, 6.45) is 0.0950. The van der Waals surface area contributed by atoms with Gasteiger partial charge in [0.1, 0.15) is 11.3 Å². The first-order chi connectivity index (χ1) is 8.08. The average molecular weight is 234 g/mol. The molecule has 0 atom stereocenters. The summed E-state index contributed by atoms with van der Waals surface area (Å²) in [5.74, 6) is -1.04. The van der Waals surface area contributed by atoms with Crippen molar-refractivity contribution in [3.63, 3.8) is 0 Å². The van der Waals surface area contributed by atoms with Crippen molar-refractivity contribution in [1.82, 2.24) is 9.97 Å². The summed E-state index contributed by atoms with van der Waals surface area (Å²) >= 11 is 0. The number of aryl methyl sites for hydroxylation is 1. The number of hydrogen-bond acceptors (Lipinski definition) is 4. The Morgan fingerprint density at radius 2 is 2.18 bits per heavy atom. The molecule has 0 unspecified atom stereocenters. The molecule has 0 saturated heterocycles. The van der Waals surface area contributed by atoms with E-state index in [0.717, 1.165) is 0 Å². The summed E-state index contributed by atoms with van der Waals surface area (Å²) in [5.41, 5.74) is 0.0642. The number of hydrogen-bond donors (Lipinski definition) is 3. The van der Waals surface area contributed by atoms with E-state index in [2.05, 4.69) is 9.97 Å². The topological polar surface area (TPSA) is 103 Å². The normalized spacial score (nSPS) is 10.6. The van der Waals surface area contributed by atoms with Crippen molar-refractivity contribution in [3.8, 4) is 5.75 Å². The fourth-order valence-electron chi connectivity index (χ4n) is 1.65. The number of carboxylic acid groups (broad SMARTS) is 1. The molecule has 1 heterocycles. The summed E-state index contributed by atoms with van der Waals surface area (Å²) in [4.78, 5) is 27.9. The van der Waals surface area contributed by atoms with Crippen LogP contribution in [0, 0.1) is 0 Å². The molecule has 17 heavy (non-hydrogen) atoms. The molecule has 0 amide bonds. The molecular weight excluding hydrogens is 224 g/mol. The molecular formula is C11H10N2O4. The third-order valence-corrected chi connectivity index (χ3v) is 2.40. The van der Waals surface area contributed by atoms with Crippen LogP contribution in [0.1, 0.15) is 12.1 Å². The number of H-pyrrole nitrogens is 1. The minimum atomic E-state index is -0.948. The monoisotopic (exact) mass is 234 g/mol. The van der Waals surface area contributed by atoms with Crippen LogP contribution in [0.3, 0.4) is 0 Å². The second-order valence-corrected chi connectivity index (χ2v) is 3.59. The number of fused-ring (bicyclic) bond motifs is 1. The van der Waals surface area contributed by atoms with E-state index in [-0.39, 0.29) is 24.1 Å². The second kappa shape index (κ2) is 4.25. The van der Waals surface area contributed by atoms with Gasteiger partial charge in [-0.05, 0) is 12.5 Å². The second-order valence-electron chi connectivity index (χ2n) is 3.59. The van der Waals surface area contributed by atoms with E-state index >= 15 is 0 Å². The Kier molecular flexibility index (Phi) is 2.78. The highest BCUT2D eigenvalue weighted by molar-refractivity contribution is 5.86. The van der Waals surface area contributed by atoms with E-state index in [1.807, 2.05) is 0 Å². The van der Waals surface area contributed by atoms with Gasteiger partial charge in [0.25, 0.3) is 0 Å². The van der Waals surface area contributed by atoms with Gasteiger partial charge < -0.3 is 15.2 Å². The summed E-state index contributed by atoms with van der Waals surface area (Å²) < 4.78 is 0. The standard InChI is InChI=1S/C11H10N2O4/c14-8-3-1-2-6-7(4-5-9(15)16)12-11(17)13-10(6)8/h1-3,14H,4-5H2,(H,15,16)(H,12,13,17). The van der Waals surface area contributed by atoms with Crippen LogP contribution in [0.2, 0.25) is 0 Å². The molecule has 0 fully saturated rings. The molecule has 0 aliphatic carbocycles. The maximum atomic E-state index is 11.3. The van der Waals surface area contributed by atoms with Crippen LogP contribution in [0.25, 0.3) is 10.9 Å². The fourth-order valence-corrected chi connectivity index (χ4v) is 1.65. The molecule has 3 N–H and O–H groups in total. The van der Waals surface area contributed by atoms with Gasteiger partial charge in [-0.25, -0.2) is 4.79 Å². The van der Waals surface area contributed by atoms with E-state index in [4.69, 9.17) is 5.11 Å². The maximum Gasteiger partial charge on any atom is 0.345 e. The number of phenols is 1. The molecule has 2 aromatic rings. The first-order valence-corrected chi connectivity index (χ1v) is 5.00. The lowest BCUT2D eigenvalue weighted by Crippen LogP contribution is -2.14. The first-order valence-electron chi connectivity index (χ1n) is 5.00. The van der Waals surface area contributed by atoms with Gasteiger partial charge in [-0.15, -0.1) is 0 Å². The molecule has 0 saturated carbocycles. The third-order valence-electron chi connectivity index (χ3n) is 2.40. The SMILES string of the molecule is O=C(O)CCc1[nH]c(=O)nc2c(O)cccc12. The third kappa shape index (κ3) is 2.25. The Bertz CT molecular complexity index is 633. The van der Waals surface area contributed by atoms with Crippen molar-refractivity contribution in [3.05, 3.63) is 34.4 Å². The number of aromatic hydroxyl groups is 1. The van der Waals surface area contributed by atoms with Crippen LogP contribution in [0.15, 0.2) is 23.0 Å². The summed E-state index contributed by atoms with van der Waals surface area (Å²) in [6.45, 7) is 0. The molecule has 6 nitrogen and oxygen atoms in total. The zero-order valence-electron chi connectivity index (χ0n) is 8.80. The van der Waals surface area contributed by atoms with E-state index in [9.17, 15) is 14.7 Å². The number of para-hydroxylation sites is 1. The van der Waals surface area contributed by atoms with Gasteiger partial charge >= 0.3 is 11.7 Å². The zero-order valence-corrected chi connectivity index (χ0v) is 8.80. The zero-order chi connectivity index (χ0) is 12.4. The predicted octanol–water partition coefficient (Wildman–Crippen LogP) is 0.646. The predicted molar refractivity (Wildman–Crippen MR) is 60.0 cm³/mol. The summed E-state index contributed by atoms with van der Waals surface area (Å²) in [7, 11) is 0. The number of carboxylic acids is 1. The van der Waals surface area contributed by atoms with Crippen LogP contribution >= 0.6 is 0 Å². The number of nitrogens with zero attached hydrogens (tertiary/aromatic N) is 1. The summed E-state index contributed by atoms with van der Waals surface area (Å²) in [5, 5.41) is 18.7. The van der Waals surface area contributed by atoms with E-state index in [1.54, 1.807) is 12.1 Å². The number of carbonyl (C=O) groups is 1. The Balaban J connectivity index is 2.58. The Labute approximate surface area is 95.6 Å². The number of aromatic amines is 1. The van der Waals surface area contributed by atoms with Crippen LogP contribution in [-0.2, 0) is 11.2 Å². The van der Waals surface area contributed by atoms with Crippen molar-refractivity contribution in [2.75, 3.05) is 0 Å². The molecule has 0 radical (unpaired) electrons. The highest BCUT2D eigenvalue weighted by Gasteiger charge is 2.09. The highest BCUT2D eigenvalue weighted by Crippen LogP contribution is 2.23. The molecule has 1 aromatic heterocycles. The van der Waals surface area contributed by atoms with Gasteiger partial charge in [0, 0.05) is 11.1 Å². The minimum Gasteiger partial charge on any atom is -0.506 e. The molecule has 0 aliphatic heterocycles. The Hall–Kier alpha value is -2.37. The number of nitrogens with one attached hydrogen (secondary N) is 1. The van der Waals surface area contributed by atoms with Crippen molar-refractivity contribution >= 4 is 16.9 Å². The lowest BCUT2D eigenvalue weighted by molar-refractivity contribution is -0.136.